The van der Waals surface area contributed by atoms with E-state index in [1.165, 1.54) is 24.9 Å². The van der Waals surface area contributed by atoms with Gasteiger partial charge in [-0.05, 0) is 49.9 Å². The molecule has 0 radical (unpaired) electrons. The fourth-order valence-electron chi connectivity index (χ4n) is 11.8. The molecule has 16 nitrogen and oxygen atoms in total. The van der Waals surface area contributed by atoms with Gasteiger partial charge < -0.3 is 58.7 Å². The minimum absolute atomic E-state index is 0.262. The molecule has 9 rings (SSSR count). The topological polar surface area (TPSA) is 204 Å². The molecule has 4 heterocycles. The molecule has 2 unspecified atom stereocenters. The maximum absolute atomic E-state index is 10.5. The summed E-state index contributed by atoms with van der Waals surface area (Å²) < 4.78 is 53.6. The predicted molar refractivity (Wildman–Crippen MR) is 272 cm³/mol. The lowest BCUT2D eigenvalue weighted by molar-refractivity contribution is 0.0977. The van der Waals surface area contributed by atoms with Gasteiger partial charge in [0.05, 0.1) is 47.1 Å². The molecule has 4 aromatic carbocycles. The van der Waals surface area contributed by atoms with Crippen molar-refractivity contribution in [1.82, 2.24) is 0 Å². The normalized spacial score (nSPS) is 19.3. The van der Waals surface area contributed by atoms with Crippen molar-refractivity contribution in [3.8, 4) is 46.0 Å². The second-order valence-electron chi connectivity index (χ2n) is 19.3. The van der Waals surface area contributed by atoms with E-state index < -0.39 is 0 Å². The van der Waals surface area contributed by atoms with Crippen molar-refractivity contribution in [1.29, 1.82) is 0 Å². The summed E-state index contributed by atoms with van der Waals surface area (Å²) in [5.74, 6) is 2.10. The highest BCUT2D eigenvalue weighted by atomic mass is 16.7. The molecule has 4 aromatic rings. The lowest BCUT2D eigenvalue weighted by Gasteiger charge is -2.37. The zero-order valence-electron chi connectivity index (χ0n) is 41.9. The molecule has 0 amide bonds. The number of hydrogen-bond acceptors (Lipinski definition) is 16. The standard InChI is InChI=1S/C56H68N4O12/c1-5-9-13-17-33-37-21-39-34(18-14-10-6-2)41-23-43-36(20-16-12-8-4)44-24-42-35(19-15-11-7-3)40-22-38(33)50-46(26-58-62)52(40)68-31-70-54(42)48(28-60-64)56(44)72-32-71-55(43)47(27-59-63)53(41)69-30-67-51(39)45(25-57-61)49(37)65-29-66-50/h21-28,33-36,61-64H,5-20,29-32H2,1-4H3/b57-25+,58-26+,59-27?,60-28?. The molecular formula is C56H68N4O12. The molecular weight excluding hydrogens is 921 g/mol. The number of nitrogens with zero attached hydrogens (tertiary/aromatic N) is 4. The molecule has 1 aliphatic carbocycles. The van der Waals surface area contributed by atoms with Gasteiger partial charge in [0, 0.05) is 68.2 Å². The van der Waals surface area contributed by atoms with Gasteiger partial charge in [-0.25, -0.2) is 0 Å². The first-order chi connectivity index (χ1) is 35.5. The van der Waals surface area contributed by atoms with Crippen molar-refractivity contribution in [2.45, 2.75) is 154 Å². The molecule has 0 aromatic heterocycles. The van der Waals surface area contributed by atoms with Gasteiger partial charge in [-0.3, -0.25) is 0 Å². The van der Waals surface area contributed by atoms with Crippen LogP contribution < -0.4 is 37.9 Å². The van der Waals surface area contributed by atoms with Gasteiger partial charge in [-0.1, -0.05) is 125 Å². The van der Waals surface area contributed by atoms with E-state index in [0.29, 0.717) is 93.9 Å². The molecule has 4 aliphatic heterocycles. The van der Waals surface area contributed by atoms with Crippen LogP contribution in [0.5, 0.6) is 46.0 Å². The smallest absolute Gasteiger partial charge is 0.230 e. The van der Waals surface area contributed by atoms with Crippen LogP contribution in [0.25, 0.3) is 0 Å². The molecule has 8 bridgehead atoms. The number of oxime groups is 4. The average Bonchev–Trinajstić information content (AvgIpc) is 3.36. The van der Waals surface area contributed by atoms with E-state index in [4.69, 9.17) is 37.9 Å². The molecule has 0 fully saturated rings. The average molecular weight is 989 g/mol. The summed E-state index contributed by atoms with van der Waals surface area (Å²) in [7, 11) is 0. The third-order valence-corrected chi connectivity index (χ3v) is 15.1. The molecule has 2 atom stereocenters. The van der Waals surface area contributed by atoms with Crippen LogP contribution in [-0.2, 0) is 0 Å². The van der Waals surface area contributed by atoms with E-state index in [9.17, 15) is 20.8 Å². The number of hydrogen-bond donors (Lipinski definition) is 4. The Morgan fingerprint density at radius 2 is 0.514 bits per heavy atom. The van der Waals surface area contributed by atoms with Crippen LogP contribution in [-0.4, -0.2) is 72.9 Å². The highest BCUT2D eigenvalue weighted by Crippen LogP contribution is 2.58. The van der Waals surface area contributed by atoms with Crippen molar-refractivity contribution >= 4 is 24.9 Å². The molecule has 16 heteroatoms. The summed E-state index contributed by atoms with van der Waals surface area (Å²) in [6.45, 7) is 7.66. The lowest BCUT2D eigenvalue weighted by atomic mass is 9.74. The highest BCUT2D eigenvalue weighted by molar-refractivity contribution is 5.94. The Hall–Kier alpha value is -6.84. The summed E-state index contributed by atoms with van der Waals surface area (Å²) in [5.41, 5.74) is 8.56. The Morgan fingerprint density at radius 1 is 0.333 bits per heavy atom. The molecule has 0 spiro atoms. The van der Waals surface area contributed by atoms with Crippen molar-refractivity contribution in [3.05, 3.63) is 91.0 Å². The zero-order chi connectivity index (χ0) is 50.1. The van der Waals surface area contributed by atoms with Gasteiger partial charge in [0.1, 0.15) is 46.0 Å². The number of unbranched alkanes of at least 4 members (excludes halogenated alkanes) is 8. The van der Waals surface area contributed by atoms with Crippen molar-refractivity contribution in [3.63, 3.8) is 0 Å². The Bertz CT molecular complexity index is 2230. The Balaban J connectivity index is 1.52. The van der Waals surface area contributed by atoms with Crippen molar-refractivity contribution < 1.29 is 58.7 Å². The van der Waals surface area contributed by atoms with Gasteiger partial charge in [0.2, 0.25) is 27.2 Å². The Morgan fingerprint density at radius 3 is 0.667 bits per heavy atom. The van der Waals surface area contributed by atoms with Crippen LogP contribution >= 0.6 is 0 Å². The molecule has 0 saturated carbocycles. The quantitative estimate of drug-likeness (QED) is 0.0283. The number of ether oxygens (including phenoxy) is 8. The minimum atomic E-state index is -0.377. The van der Waals surface area contributed by atoms with Crippen LogP contribution in [0.3, 0.4) is 0 Å². The van der Waals surface area contributed by atoms with E-state index >= 15 is 0 Å². The summed E-state index contributed by atoms with van der Waals surface area (Å²) in [6, 6.07) is 8.84. The summed E-state index contributed by atoms with van der Waals surface area (Å²) in [4.78, 5) is 0. The van der Waals surface area contributed by atoms with Crippen LogP contribution in [0.1, 0.15) is 221 Å². The maximum Gasteiger partial charge on any atom is 0.230 e. The third kappa shape index (κ3) is 9.40. The fourth-order valence-corrected chi connectivity index (χ4v) is 11.8. The Kier molecular flexibility index (Phi) is 16.1. The first kappa shape index (κ1) is 50.1. The first-order valence-corrected chi connectivity index (χ1v) is 26.0. The van der Waals surface area contributed by atoms with Gasteiger partial charge in [-0.15, -0.1) is 0 Å². The zero-order valence-corrected chi connectivity index (χ0v) is 41.9. The summed E-state index contributed by atoms with van der Waals surface area (Å²) in [5, 5.41) is 56.5. The number of benzene rings is 4. The molecule has 0 saturated heterocycles. The van der Waals surface area contributed by atoms with E-state index in [1.54, 1.807) is 0 Å². The van der Waals surface area contributed by atoms with Crippen LogP contribution in [0, 0.1) is 0 Å². The van der Waals surface area contributed by atoms with Gasteiger partial charge in [0.25, 0.3) is 0 Å². The highest BCUT2D eigenvalue weighted by Gasteiger charge is 2.41. The predicted octanol–water partition coefficient (Wildman–Crippen LogP) is 13.0. The molecule has 5 aliphatic rings. The SMILES string of the molecule is CCCCCC1c2cc3c4c(C=NO)c2OCOc2c1cc1c(c2C=NO)OCOc2c(cc5c(c2/C=N/O)OCOc2c(cc(c(c2/C=N/O)OCO4)C3CCCCC)C5CCCCC)C1CCCCC. The maximum atomic E-state index is 10.5. The lowest BCUT2D eigenvalue weighted by Crippen LogP contribution is -2.25. The molecule has 4 N–H and O–H groups in total. The van der Waals surface area contributed by atoms with E-state index in [1.807, 2.05) is 0 Å². The van der Waals surface area contributed by atoms with Crippen LogP contribution in [0.2, 0.25) is 0 Å². The molecule has 384 valence electrons. The fraction of sp³-hybridized carbons (Fsp3) is 0.500. The van der Waals surface area contributed by atoms with Gasteiger partial charge in [0.15, 0.2) is 0 Å². The summed E-state index contributed by atoms with van der Waals surface area (Å²) >= 11 is 0. The minimum Gasteiger partial charge on any atom is -0.456 e. The second-order valence-corrected chi connectivity index (χ2v) is 19.3. The van der Waals surface area contributed by atoms with Crippen molar-refractivity contribution in [2.75, 3.05) is 27.2 Å². The van der Waals surface area contributed by atoms with E-state index in [-0.39, 0.29) is 50.8 Å². The van der Waals surface area contributed by atoms with Crippen LogP contribution in [0.4, 0.5) is 0 Å². The Labute approximate surface area is 421 Å². The third-order valence-electron chi connectivity index (χ3n) is 15.1. The van der Waals surface area contributed by atoms with Gasteiger partial charge in [-0.2, -0.15) is 0 Å². The van der Waals surface area contributed by atoms with Gasteiger partial charge >= 0.3 is 0 Å². The number of rotatable bonds is 20. The second kappa shape index (κ2) is 23.1. The van der Waals surface area contributed by atoms with Crippen molar-refractivity contribution in [2.24, 2.45) is 20.6 Å². The summed E-state index contributed by atoms with van der Waals surface area (Å²) in [6.07, 6.45) is 19.4. The van der Waals surface area contributed by atoms with E-state index in [0.717, 1.165) is 122 Å². The first-order valence-electron chi connectivity index (χ1n) is 26.0. The monoisotopic (exact) mass is 988 g/mol. The van der Waals surface area contributed by atoms with Crippen LogP contribution in [0.15, 0.2) is 44.9 Å². The molecule has 72 heavy (non-hydrogen) atoms. The van der Waals surface area contributed by atoms with E-state index in [2.05, 4.69) is 72.6 Å². The largest absolute Gasteiger partial charge is 0.456 e.